The molecule has 1 N–H and O–H groups in total. The maximum absolute atomic E-state index is 13.0. The number of pyridine rings is 1. The molecule has 2 atom stereocenters. The third-order valence-corrected chi connectivity index (χ3v) is 6.03. The van der Waals surface area contributed by atoms with Crippen LogP contribution < -0.4 is 15.6 Å². The molecule has 0 saturated heterocycles. The van der Waals surface area contributed by atoms with Gasteiger partial charge in [0.2, 0.25) is 0 Å². The standard InChI is InChI=1S/C22H19N3O3/c1-11-9-27-21-16(13-3-4-15-12(2)23-8-14(15)7-13)5-6-17-19(21)25(11)22(26)18-20(17)28-10-24-18/h3-7,10-12,23H,8-9H2,1-2H3/t11-,12+/m0/s1. The third-order valence-electron chi connectivity index (χ3n) is 6.03. The second-order valence-electron chi connectivity index (χ2n) is 7.72. The second kappa shape index (κ2) is 5.45. The monoisotopic (exact) mass is 373 g/mol. The van der Waals surface area contributed by atoms with E-state index in [0.29, 0.717) is 23.7 Å². The van der Waals surface area contributed by atoms with Gasteiger partial charge in [-0.2, -0.15) is 0 Å². The van der Waals surface area contributed by atoms with E-state index in [-0.39, 0.29) is 11.6 Å². The van der Waals surface area contributed by atoms with E-state index in [0.717, 1.165) is 34.3 Å². The Kier molecular flexibility index (Phi) is 3.09. The Balaban J connectivity index is 1.69. The van der Waals surface area contributed by atoms with Crippen LogP contribution in [-0.2, 0) is 6.54 Å². The SMILES string of the molecule is C[C@H]1NCc2cc(-c3ccc4c5ocnc5c(=O)n5c4c3OC[C@@H]5C)ccc21. The molecular weight excluding hydrogens is 354 g/mol. The summed E-state index contributed by atoms with van der Waals surface area (Å²) in [6.07, 6.45) is 1.33. The molecule has 0 unspecified atom stereocenters. The quantitative estimate of drug-likeness (QED) is 0.548. The molecule has 0 bridgehead atoms. The predicted molar refractivity (Wildman–Crippen MR) is 107 cm³/mol. The van der Waals surface area contributed by atoms with E-state index in [4.69, 9.17) is 9.15 Å². The molecule has 0 saturated carbocycles. The number of nitrogens with zero attached hydrogens (tertiary/aromatic N) is 2. The molecule has 0 aliphatic carbocycles. The van der Waals surface area contributed by atoms with Gasteiger partial charge in [-0.05, 0) is 48.7 Å². The van der Waals surface area contributed by atoms with Crippen molar-refractivity contribution in [2.24, 2.45) is 0 Å². The molecule has 140 valence electrons. The van der Waals surface area contributed by atoms with Crippen molar-refractivity contribution >= 4 is 22.0 Å². The number of hydrogen-bond acceptors (Lipinski definition) is 5. The van der Waals surface area contributed by atoms with Crippen LogP contribution in [0.15, 0.2) is 45.9 Å². The Morgan fingerprint density at radius 2 is 2.11 bits per heavy atom. The molecule has 4 heterocycles. The molecule has 0 spiro atoms. The van der Waals surface area contributed by atoms with E-state index in [9.17, 15) is 4.79 Å². The molecule has 4 aromatic rings. The van der Waals surface area contributed by atoms with Gasteiger partial charge in [0.05, 0.1) is 11.6 Å². The van der Waals surface area contributed by atoms with Crippen molar-refractivity contribution in [2.75, 3.05) is 6.61 Å². The molecular formula is C22H19N3O3. The molecule has 0 fully saturated rings. The number of benzene rings is 2. The highest BCUT2D eigenvalue weighted by Gasteiger charge is 2.28. The van der Waals surface area contributed by atoms with Crippen LogP contribution in [0.4, 0.5) is 0 Å². The van der Waals surface area contributed by atoms with Crippen LogP contribution in [0.1, 0.15) is 37.1 Å². The molecule has 6 heteroatoms. The van der Waals surface area contributed by atoms with Gasteiger partial charge in [-0.1, -0.05) is 12.1 Å². The van der Waals surface area contributed by atoms with E-state index in [1.54, 1.807) is 4.57 Å². The lowest BCUT2D eigenvalue weighted by Crippen LogP contribution is -2.31. The van der Waals surface area contributed by atoms with Gasteiger partial charge in [-0.15, -0.1) is 0 Å². The van der Waals surface area contributed by atoms with Gasteiger partial charge < -0.3 is 14.5 Å². The summed E-state index contributed by atoms with van der Waals surface area (Å²) < 4.78 is 13.5. The smallest absolute Gasteiger partial charge is 0.281 e. The summed E-state index contributed by atoms with van der Waals surface area (Å²) in [5.41, 5.74) is 6.30. The number of rotatable bonds is 1. The third kappa shape index (κ3) is 1.95. The molecule has 0 amide bonds. The van der Waals surface area contributed by atoms with Crippen LogP contribution in [0.25, 0.3) is 33.1 Å². The highest BCUT2D eigenvalue weighted by Crippen LogP contribution is 2.42. The summed E-state index contributed by atoms with van der Waals surface area (Å²) in [5, 5.41) is 4.33. The summed E-state index contributed by atoms with van der Waals surface area (Å²) in [6.45, 7) is 5.49. The van der Waals surface area contributed by atoms with E-state index in [2.05, 4.69) is 41.5 Å². The first-order chi connectivity index (χ1) is 13.6. The maximum Gasteiger partial charge on any atom is 0.281 e. The first-order valence-electron chi connectivity index (χ1n) is 9.57. The van der Waals surface area contributed by atoms with Gasteiger partial charge >= 0.3 is 0 Å². The predicted octanol–water partition coefficient (Wildman–Crippen LogP) is 3.93. The Morgan fingerprint density at radius 3 is 3.00 bits per heavy atom. The lowest BCUT2D eigenvalue weighted by atomic mass is 9.96. The van der Waals surface area contributed by atoms with Gasteiger partial charge in [0.25, 0.3) is 5.56 Å². The average molecular weight is 373 g/mol. The van der Waals surface area contributed by atoms with Gasteiger partial charge in [-0.3, -0.25) is 9.36 Å². The highest BCUT2D eigenvalue weighted by molar-refractivity contribution is 6.06. The number of nitrogens with one attached hydrogen (secondary N) is 1. The summed E-state index contributed by atoms with van der Waals surface area (Å²) in [5.74, 6) is 0.741. The Bertz CT molecular complexity index is 1330. The first kappa shape index (κ1) is 15.9. The summed E-state index contributed by atoms with van der Waals surface area (Å²) in [6, 6.07) is 10.9. The normalized spacial score (nSPS) is 20.5. The molecule has 0 radical (unpaired) electrons. The zero-order valence-corrected chi connectivity index (χ0v) is 15.7. The van der Waals surface area contributed by atoms with Crippen LogP contribution in [0, 0.1) is 0 Å². The molecule has 2 aromatic heterocycles. The molecule has 2 aromatic carbocycles. The molecule has 2 aliphatic rings. The van der Waals surface area contributed by atoms with Crippen molar-refractivity contribution in [3.05, 3.63) is 58.2 Å². The van der Waals surface area contributed by atoms with Crippen LogP contribution in [0.5, 0.6) is 5.75 Å². The topological polar surface area (TPSA) is 69.3 Å². The number of ether oxygens (including phenoxy) is 1. The Hall–Kier alpha value is -3.12. The Morgan fingerprint density at radius 1 is 1.21 bits per heavy atom. The number of fused-ring (bicyclic) bond motifs is 3. The summed E-state index contributed by atoms with van der Waals surface area (Å²) in [4.78, 5) is 17.2. The molecule has 28 heavy (non-hydrogen) atoms. The van der Waals surface area contributed by atoms with Crippen molar-refractivity contribution in [2.45, 2.75) is 32.5 Å². The fourth-order valence-corrected chi connectivity index (χ4v) is 4.59. The van der Waals surface area contributed by atoms with Gasteiger partial charge in [0.1, 0.15) is 6.61 Å². The van der Waals surface area contributed by atoms with E-state index in [1.165, 1.54) is 17.5 Å². The fourth-order valence-electron chi connectivity index (χ4n) is 4.59. The van der Waals surface area contributed by atoms with Crippen LogP contribution in [0.3, 0.4) is 0 Å². The van der Waals surface area contributed by atoms with Crippen molar-refractivity contribution in [1.82, 2.24) is 14.9 Å². The fraction of sp³-hybridized carbons (Fsp3) is 0.273. The van der Waals surface area contributed by atoms with Gasteiger partial charge in [-0.25, -0.2) is 4.98 Å². The molecule has 2 aliphatic heterocycles. The minimum Gasteiger partial charge on any atom is -0.489 e. The molecule has 6 nitrogen and oxygen atoms in total. The minimum absolute atomic E-state index is 0.0658. The second-order valence-corrected chi connectivity index (χ2v) is 7.72. The van der Waals surface area contributed by atoms with Crippen LogP contribution >= 0.6 is 0 Å². The van der Waals surface area contributed by atoms with E-state index < -0.39 is 0 Å². The van der Waals surface area contributed by atoms with E-state index in [1.807, 2.05) is 13.0 Å². The van der Waals surface area contributed by atoms with Gasteiger partial charge in [0.15, 0.2) is 23.2 Å². The zero-order valence-electron chi connectivity index (χ0n) is 15.7. The highest BCUT2D eigenvalue weighted by atomic mass is 16.5. The van der Waals surface area contributed by atoms with Crippen molar-refractivity contribution in [3.63, 3.8) is 0 Å². The maximum atomic E-state index is 13.0. The lowest BCUT2D eigenvalue weighted by Gasteiger charge is -2.27. The Labute approximate surface area is 160 Å². The van der Waals surface area contributed by atoms with E-state index >= 15 is 0 Å². The minimum atomic E-state index is -0.127. The lowest BCUT2D eigenvalue weighted by molar-refractivity contribution is 0.246. The van der Waals surface area contributed by atoms with Crippen molar-refractivity contribution < 1.29 is 9.15 Å². The zero-order chi connectivity index (χ0) is 19.0. The van der Waals surface area contributed by atoms with Gasteiger partial charge in [0, 0.05) is 23.5 Å². The van der Waals surface area contributed by atoms with Crippen LogP contribution in [0.2, 0.25) is 0 Å². The first-order valence-corrected chi connectivity index (χ1v) is 9.57. The van der Waals surface area contributed by atoms with Crippen molar-refractivity contribution in [3.8, 4) is 16.9 Å². The summed E-state index contributed by atoms with van der Waals surface area (Å²) in [7, 11) is 0. The largest absolute Gasteiger partial charge is 0.489 e. The number of aromatic nitrogens is 2. The number of hydrogen-bond donors (Lipinski definition) is 1. The average Bonchev–Trinajstić information content (AvgIpc) is 3.33. The number of oxazole rings is 1. The van der Waals surface area contributed by atoms with Crippen LogP contribution in [-0.4, -0.2) is 16.2 Å². The summed E-state index contributed by atoms with van der Waals surface area (Å²) >= 11 is 0. The van der Waals surface area contributed by atoms with Crippen molar-refractivity contribution in [1.29, 1.82) is 0 Å². The molecule has 6 rings (SSSR count).